The Morgan fingerprint density at radius 3 is 2.47 bits per heavy atom. The molecule has 0 fully saturated rings. The lowest BCUT2D eigenvalue weighted by molar-refractivity contribution is 0.904. The molecule has 0 spiro atoms. The number of anilines is 1. The van der Waals surface area contributed by atoms with E-state index in [9.17, 15) is 4.79 Å². The highest BCUT2D eigenvalue weighted by Crippen LogP contribution is 2.21. The molecule has 0 saturated heterocycles. The number of hydrogen-bond acceptors (Lipinski definition) is 2. The summed E-state index contributed by atoms with van der Waals surface area (Å²) in [6.07, 6.45) is 3.74. The van der Waals surface area contributed by atoms with E-state index in [1.54, 1.807) is 17.7 Å². The number of benzene rings is 1. The van der Waals surface area contributed by atoms with Crippen LogP contribution in [0.15, 0.2) is 60.4 Å². The van der Waals surface area contributed by atoms with E-state index >= 15 is 0 Å². The molecule has 0 atom stereocenters. The molecule has 2 rings (SSSR count). The minimum atomic E-state index is 0.00860. The Bertz CT molecular complexity index is 660. The highest BCUT2D eigenvalue weighted by atomic mass is 16.1. The first-order valence-electron chi connectivity index (χ1n) is 6.24. The van der Waals surface area contributed by atoms with Crippen molar-refractivity contribution >= 4 is 16.6 Å². The summed E-state index contributed by atoms with van der Waals surface area (Å²) in [5.74, 6) is 0. The first-order valence-corrected chi connectivity index (χ1v) is 6.24. The summed E-state index contributed by atoms with van der Waals surface area (Å²) in [5, 5.41) is 1.05. The number of nitrogens with zero attached hydrogens (tertiary/aromatic N) is 2. The van der Waals surface area contributed by atoms with E-state index in [1.807, 2.05) is 30.4 Å². The second-order valence-electron chi connectivity index (χ2n) is 4.46. The van der Waals surface area contributed by atoms with Crippen molar-refractivity contribution in [2.24, 2.45) is 7.05 Å². The molecular formula is C16H18N2O. The average Bonchev–Trinajstić information content (AvgIpc) is 2.42. The minimum absolute atomic E-state index is 0.00860. The van der Waals surface area contributed by atoms with Gasteiger partial charge < -0.3 is 9.47 Å². The van der Waals surface area contributed by atoms with E-state index in [0.29, 0.717) is 0 Å². The predicted molar refractivity (Wildman–Crippen MR) is 81.8 cm³/mol. The summed E-state index contributed by atoms with van der Waals surface area (Å²) >= 11 is 0. The van der Waals surface area contributed by atoms with Crippen LogP contribution >= 0.6 is 0 Å². The van der Waals surface area contributed by atoms with Crippen LogP contribution in [0.1, 0.15) is 0 Å². The normalized spacial score (nSPS) is 10.4. The zero-order valence-electron chi connectivity index (χ0n) is 11.2. The number of aryl methyl sites for hydroxylation is 1. The molecule has 0 unspecified atom stereocenters. The molecule has 0 amide bonds. The molecule has 98 valence electrons. The van der Waals surface area contributed by atoms with Crippen LogP contribution in [-0.2, 0) is 7.05 Å². The molecule has 3 nitrogen and oxygen atoms in total. The van der Waals surface area contributed by atoms with E-state index in [-0.39, 0.29) is 5.56 Å². The molecule has 1 aromatic carbocycles. The van der Waals surface area contributed by atoms with Crippen molar-refractivity contribution in [2.45, 2.75) is 0 Å². The Morgan fingerprint density at radius 2 is 1.84 bits per heavy atom. The third-order valence-corrected chi connectivity index (χ3v) is 3.17. The molecular weight excluding hydrogens is 236 g/mol. The summed E-state index contributed by atoms with van der Waals surface area (Å²) in [6.45, 7) is 9.08. The molecule has 0 saturated carbocycles. The number of aromatic nitrogens is 1. The Balaban J connectivity index is 2.51. The van der Waals surface area contributed by atoms with Gasteiger partial charge in [0.25, 0.3) is 5.56 Å². The van der Waals surface area contributed by atoms with Crippen LogP contribution in [0.2, 0.25) is 0 Å². The van der Waals surface area contributed by atoms with Gasteiger partial charge >= 0.3 is 0 Å². The molecule has 19 heavy (non-hydrogen) atoms. The van der Waals surface area contributed by atoms with Gasteiger partial charge in [-0.05, 0) is 24.3 Å². The number of rotatable bonds is 5. The zero-order chi connectivity index (χ0) is 13.8. The van der Waals surface area contributed by atoms with Crippen LogP contribution in [-0.4, -0.2) is 17.7 Å². The Morgan fingerprint density at radius 1 is 1.16 bits per heavy atom. The monoisotopic (exact) mass is 254 g/mol. The van der Waals surface area contributed by atoms with Crippen molar-refractivity contribution in [2.75, 3.05) is 18.0 Å². The largest absolute Gasteiger partial charge is 0.364 e. The van der Waals surface area contributed by atoms with Gasteiger partial charge in [0.05, 0.1) is 5.52 Å². The van der Waals surface area contributed by atoms with E-state index in [4.69, 9.17) is 0 Å². The van der Waals surface area contributed by atoms with Crippen molar-refractivity contribution in [3.05, 3.63) is 66.0 Å². The summed E-state index contributed by atoms with van der Waals surface area (Å²) in [6, 6.07) is 9.54. The van der Waals surface area contributed by atoms with Crippen LogP contribution in [0.5, 0.6) is 0 Å². The number of pyridine rings is 1. The third kappa shape index (κ3) is 2.60. The average molecular weight is 254 g/mol. The van der Waals surface area contributed by atoms with Crippen molar-refractivity contribution in [1.29, 1.82) is 0 Å². The topological polar surface area (TPSA) is 25.2 Å². The summed E-state index contributed by atoms with van der Waals surface area (Å²) in [5.41, 5.74) is 2.05. The Hall–Kier alpha value is -2.29. The van der Waals surface area contributed by atoms with E-state index in [1.165, 1.54) is 0 Å². The SMILES string of the molecule is C=CCN(CC=C)c1ccc2c(ccc(=O)n2C)c1. The highest BCUT2D eigenvalue weighted by Gasteiger charge is 2.05. The first-order chi connectivity index (χ1) is 9.17. The molecule has 0 radical (unpaired) electrons. The van der Waals surface area contributed by atoms with Gasteiger partial charge in [0.2, 0.25) is 0 Å². The van der Waals surface area contributed by atoms with Crippen LogP contribution < -0.4 is 10.5 Å². The summed E-state index contributed by atoms with van der Waals surface area (Å²) in [7, 11) is 1.79. The van der Waals surface area contributed by atoms with Crippen molar-refractivity contribution in [1.82, 2.24) is 4.57 Å². The molecule has 2 aromatic rings. The molecule has 0 aliphatic carbocycles. The molecule has 0 bridgehead atoms. The lowest BCUT2D eigenvalue weighted by atomic mass is 10.1. The van der Waals surface area contributed by atoms with Gasteiger partial charge in [0, 0.05) is 37.3 Å². The van der Waals surface area contributed by atoms with Crippen LogP contribution in [0.4, 0.5) is 5.69 Å². The van der Waals surface area contributed by atoms with Crippen LogP contribution in [0, 0.1) is 0 Å². The van der Waals surface area contributed by atoms with Crippen molar-refractivity contribution < 1.29 is 0 Å². The van der Waals surface area contributed by atoms with Gasteiger partial charge in [-0.1, -0.05) is 12.2 Å². The molecule has 1 heterocycles. The van der Waals surface area contributed by atoms with Crippen LogP contribution in [0.25, 0.3) is 10.9 Å². The maximum atomic E-state index is 11.6. The maximum absolute atomic E-state index is 11.6. The van der Waals surface area contributed by atoms with Crippen molar-refractivity contribution in [3.63, 3.8) is 0 Å². The van der Waals surface area contributed by atoms with Gasteiger partial charge in [0.15, 0.2) is 0 Å². The zero-order valence-corrected chi connectivity index (χ0v) is 11.2. The molecule has 0 N–H and O–H groups in total. The van der Waals surface area contributed by atoms with Gasteiger partial charge in [0.1, 0.15) is 0 Å². The second kappa shape index (κ2) is 5.57. The fourth-order valence-corrected chi connectivity index (χ4v) is 2.17. The lowest BCUT2D eigenvalue weighted by Crippen LogP contribution is -2.23. The summed E-state index contributed by atoms with van der Waals surface area (Å²) in [4.78, 5) is 13.8. The first kappa shape index (κ1) is 13.1. The second-order valence-corrected chi connectivity index (χ2v) is 4.46. The number of fused-ring (bicyclic) bond motifs is 1. The van der Waals surface area contributed by atoms with Gasteiger partial charge in [-0.2, -0.15) is 0 Å². The summed E-state index contributed by atoms with van der Waals surface area (Å²) < 4.78 is 1.66. The van der Waals surface area contributed by atoms with Gasteiger partial charge in [-0.3, -0.25) is 4.79 Å². The van der Waals surface area contributed by atoms with Crippen molar-refractivity contribution in [3.8, 4) is 0 Å². The molecule has 0 aliphatic rings. The predicted octanol–water partition coefficient (Wildman–Crippen LogP) is 2.72. The lowest BCUT2D eigenvalue weighted by Gasteiger charge is -2.22. The fraction of sp³-hybridized carbons (Fsp3) is 0.188. The highest BCUT2D eigenvalue weighted by molar-refractivity contribution is 5.83. The van der Waals surface area contributed by atoms with E-state index in [2.05, 4.69) is 24.1 Å². The van der Waals surface area contributed by atoms with Gasteiger partial charge in [-0.25, -0.2) is 0 Å². The molecule has 3 heteroatoms. The third-order valence-electron chi connectivity index (χ3n) is 3.17. The quantitative estimate of drug-likeness (QED) is 0.767. The Kier molecular flexibility index (Phi) is 3.85. The molecule has 0 aliphatic heterocycles. The minimum Gasteiger partial charge on any atom is -0.364 e. The standard InChI is InChI=1S/C16H18N2O/c1-4-10-18(11-5-2)14-7-8-15-13(12-14)6-9-16(19)17(15)3/h4-9,12H,1-2,10-11H2,3H3. The van der Waals surface area contributed by atoms with E-state index in [0.717, 1.165) is 29.7 Å². The number of hydrogen-bond donors (Lipinski definition) is 0. The van der Waals surface area contributed by atoms with E-state index < -0.39 is 0 Å². The van der Waals surface area contributed by atoms with Gasteiger partial charge in [-0.15, -0.1) is 13.2 Å². The maximum Gasteiger partial charge on any atom is 0.250 e. The van der Waals surface area contributed by atoms with Crippen LogP contribution in [0.3, 0.4) is 0 Å². The fourth-order valence-electron chi connectivity index (χ4n) is 2.17. The smallest absolute Gasteiger partial charge is 0.250 e. The molecule has 1 aromatic heterocycles. The Labute approximate surface area is 113 Å².